The minimum Gasteiger partial charge on any atom is -0.208 e. The van der Waals surface area contributed by atoms with Crippen LogP contribution in [0.2, 0.25) is 0 Å². The monoisotopic (exact) mass is 265 g/mol. The van der Waals surface area contributed by atoms with Crippen LogP contribution in [0.15, 0.2) is 29.2 Å². The van der Waals surface area contributed by atoms with Gasteiger partial charge in [-0.05, 0) is 56.1 Å². The fourth-order valence-corrected chi connectivity index (χ4v) is 4.21. The first kappa shape index (κ1) is 12.2. The molecule has 0 aromatic heterocycles. The van der Waals surface area contributed by atoms with Crippen molar-refractivity contribution in [1.82, 2.24) is 4.72 Å². The molecule has 2 aliphatic carbocycles. The third-order valence-corrected chi connectivity index (χ3v) is 5.55. The van der Waals surface area contributed by atoms with Crippen LogP contribution in [0.25, 0.3) is 0 Å². The lowest BCUT2D eigenvalue weighted by atomic mass is 10.1. The van der Waals surface area contributed by atoms with E-state index in [9.17, 15) is 8.42 Å². The van der Waals surface area contributed by atoms with Gasteiger partial charge in [-0.2, -0.15) is 0 Å². The van der Waals surface area contributed by atoms with Crippen LogP contribution < -0.4 is 4.72 Å². The van der Waals surface area contributed by atoms with E-state index in [0.29, 0.717) is 16.7 Å². The van der Waals surface area contributed by atoms with Crippen molar-refractivity contribution in [2.45, 2.75) is 43.5 Å². The van der Waals surface area contributed by atoms with E-state index in [1.54, 1.807) is 12.1 Å². The van der Waals surface area contributed by atoms with E-state index < -0.39 is 10.0 Å². The third kappa shape index (κ3) is 2.45. The Bertz CT molecular complexity index is 533. The first-order chi connectivity index (χ1) is 8.58. The van der Waals surface area contributed by atoms with Crippen molar-refractivity contribution >= 4 is 10.0 Å². The highest BCUT2D eigenvalue weighted by Gasteiger charge is 2.43. The van der Waals surface area contributed by atoms with E-state index in [1.807, 2.05) is 19.1 Å². The summed E-state index contributed by atoms with van der Waals surface area (Å²) in [5, 5.41) is 0. The molecule has 18 heavy (non-hydrogen) atoms. The van der Waals surface area contributed by atoms with Gasteiger partial charge in [0.2, 0.25) is 10.0 Å². The SMILES string of the molecule is Cc1ccccc1S(=O)(=O)NC(C1CC1)C1CC1. The molecule has 2 saturated carbocycles. The van der Waals surface area contributed by atoms with Gasteiger partial charge in [-0.25, -0.2) is 13.1 Å². The summed E-state index contributed by atoms with van der Waals surface area (Å²) in [6.07, 6.45) is 4.71. The van der Waals surface area contributed by atoms with Gasteiger partial charge in [0.05, 0.1) is 4.90 Å². The van der Waals surface area contributed by atoms with E-state index in [2.05, 4.69) is 4.72 Å². The topological polar surface area (TPSA) is 46.2 Å². The zero-order valence-electron chi connectivity index (χ0n) is 10.6. The van der Waals surface area contributed by atoms with Crippen molar-refractivity contribution in [1.29, 1.82) is 0 Å². The number of hydrogen-bond donors (Lipinski definition) is 1. The van der Waals surface area contributed by atoms with Crippen molar-refractivity contribution in [2.75, 3.05) is 0 Å². The normalized spacial score (nSPS) is 20.3. The molecule has 98 valence electrons. The Labute approximate surface area is 109 Å². The molecule has 0 heterocycles. The van der Waals surface area contributed by atoms with Gasteiger partial charge in [0.25, 0.3) is 0 Å². The molecular weight excluding hydrogens is 246 g/mol. The van der Waals surface area contributed by atoms with Gasteiger partial charge in [0, 0.05) is 6.04 Å². The fourth-order valence-electron chi connectivity index (χ4n) is 2.59. The molecular formula is C14H19NO2S. The summed E-state index contributed by atoms with van der Waals surface area (Å²) in [4.78, 5) is 0.427. The van der Waals surface area contributed by atoms with Crippen LogP contribution in [-0.4, -0.2) is 14.5 Å². The van der Waals surface area contributed by atoms with Crippen molar-refractivity contribution < 1.29 is 8.42 Å². The maximum absolute atomic E-state index is 12.4. The van der Waals surface area contributed by atoms with Crippen LogP contribution in [0, 0.1) is 18.8 Å². The van der Waals surface area contributed by atoms with Crippen LogP contribution in [-0.2, 0) is 10.0 Å². The number of sulfonamides is 1. The Morgan fingerprint density at radius 3 is 2.17 bits per heavy atom. The largest absolute Gasteiger partial charge is 0.241 e. The number of nitrogens with one attached hydrogen (secondary N) is 1. The summed E-state index contributed by atoms with van der Waals surface area (Å²) in [6.45, 7) is 1.85. The van der Waals surface area contributed by atoms with Gasteiger partial charge in [-0.15, -0.1) is 0 Å². The van der Waals surface area contributed by atoms with Crippen LogP contribution in [0.5, 0.6) is 0 Å². The molecule has 0 saturated heterocycles. The highest BCUT2D eigenvalue weighted by Crippen LogP contribution is 2.45. The first-order valence-corrected chi connectivity index (χ1v) is 8.14. The standard InChI is InChI=1S/C14H19NO2S/c1-10-4-2-3-5-13(10)18(16,17)15-14(11-6-7-11)12-8-9-12/h2-5,11-12,14-15H,6-9H2,1H3. The Balaban J connectivity index is 1.83. The average molecular weight is 265 g/mol. The molecule has 3 rings (SSSR count). The number of rotatable bonds is 5. The summed E-state index contributed by atoms with van der Waals surface area (Å²) >= 11 is 0. The summed E-state index contributed by atoms with van der Waals surface area (Å²) < 4.78 is 27.8. The predicted octanol–water partition coefficient (Wildman–Crippen LogP) is 2.46. The molecule has 1 N–H and O–H groups in total. The molecule has 0 aliphatic heterocycles. The smallest absolute Gasteiger partial charge is 0.208 e. The molecule has 0 bridgehead atoms. The number of benzene rings is 1. The summed E-state index contributed by atoms with van der Waals surface area (Å²) in [5.74, 6) is 1.16. The van der Waals surface area contributed by atoms with Gasteiger partial charge in [0.1, 0.15) is 0 Å². The van der Waals surface area contributed by atoms with Crippen LogP contribution >= 0.6 is 0 Å². The second-order valence-electron chi connectivity index (χ2n) is 5.59. The van der Waals surface area contributed by atoms with E-state index in [1.165, 1.54) is 25.7 Å². The van der Waals surface area contributed by atoms with Crippen molar-refractivity contribution in [3.8, 4) is 0 Å². The van der Waals surface area contributed by atoms with E-state index >= 15 is 0 Å². The quantitative estimate of drug-likeness (QED) is 0.889. The lowest BCUT2D eigenvalue weighted by Gasteiger charge is -2.18. The molecule has 1 aromatic carbocycles. The van der Waals surface area contributed by atoms with Gasteiger partial charge in [-0.3, -0.25) is 0 Å². The van der Waals surface area contributed by atoms with Crippen LogP contribution in [0.3, 0.4) is 0 Å². The van der Waals surface area contributed by atoms with Gasteiger partial charge in [0.15, 0.2) is 0 Å². The Morgan fingerprint density at radius 1 is 1.11 bits per heavy atom. The average Bonchev–Trinajstić information content (AvgIpc) is 3.17. The molecule has 0 radical (unpaired) electrons. The maximum Gasteiger partial charge on any atom is 0.241 e. The van der Waals surface area contributed by atoms with E-state index in [-0.39, 0.29) is 6.04 Å². The molecule has 0 atom stereocenters. The Hall–Kier alpha value is -0.870. The van der Waals surface area contributed by atoms with E-state index in [4.69, 9.17) is 0 Å². The zero-order chi connectivity index (χ0) is 12.8. The highest BCUT2D eigenvalue weighted by molar-refractivity contribution is 7.89. The third-order valence-electron chi connectivity index (χ3n) is 3.93. The van der Waals surface area contributed by atoms with Crippen LogP contribution in [0.1, 0.15) is 31.2 Å². The molecule has 1 aromatic rings. The molecule has 3 nitrogen and oxygen atoms in total. The molecule has 4 heteroatoms. The lowest BCUT2D eigenvalue weighted by Crippen LogP contribution is -2.38. The second-order valence-corrected chi connectivity index (χ2v) is 7.27. The maximum atomic E-state index is 12.4. The minimum absolute atomic E-state index is 0.176. The molecule has 0 unspecified atom stereocenters. The zero-order valence-corrected chi connectivity index (χ0v) is 11.4. The second kappa shape index (κ2) is 4.35. The van der Waals surface area contributed by atoms with E-state index in [0.717, 1.165) is 5.56 Å². The fraction of sp³-hybridized carbons (Fsp3) is 0.571. The van der Waals surface area contributed by atoms with Gasteiger partial charge in [-0.1, -0.05) is 18.2 Å². The van der Waals surface area contributed by atoms with Crippen LogP contribution in [0.4, 0.5) is 0 Å². The molecule has 0 amide bonds. The number of hydrogen-bond acceptors (Lipinski definition) is 2. The highest BCUT2D eigenvalue weighted by atomic mass is 32.2. The first-order valence-electron chi connectivity index (χ1n) is 6.66. The summed E-state index contributed by atoms with van der Waals surface area (Å²) in [7, 11) is -3.35. The van der Waals surface area contributed by atoms with Crippen molar-refractivity contribution in [3.05, 3.63) is 29.8 Å². The lowest BCUT2D eigenvalue weighted by molar-refractivity contribution is 0.471. The Kier molecular flexibility index (Phi) is 2.94. The molecule has 0 spiro atoms. The van der Waals surface area contributed by atoms with Crippen molar-refractivity contribution in [2.24, 2.45) is 11.8 Å². The van der Waals surface area contributed by atoms with Gasteiger partial charge < -0.3 is 0 Å². The molecule has 2 aliphatic rings. The predicted molar refractivity (Wildman–Crippen MR) is 70.7 cm³/mol. The number of aryl methyl sites for hydroxylation is 1. The van der Waals surface area contributed by atoms with Gasteiger partial charge >= 0.3 is 0 Å². The van der Waals surface area contributed by atoms with Crippen molar-refractivity contribution in [3.63, 3.8) is 0 Å². The minimum atomic E-state index is -3.35. The Morgan fingerprint density at radius 2 is 1.67 bits per heavy atom. The summed E-state index contributed by atoms with van der Waals surface area (Å²) in [5.41, 5.74) is 0.815. The molecule has 2 fully saturated rings. The summed E-state index contributed by atoms with van der Waals surface area (Å²) in [6, 6.07) is 7.36.